The molecule has 0 radical (unpaired) electrons. The van der Waals surface area contributed by atoms with Crippen molar-refractivity contribution >= 4 is 5.97 Å². The van der Waals surface area contributed by atoms with Crippen LogP contribution in [0.3, 0.4) is 0 Å². The number of carboxylic acid groups (broad SMARTS) is 1. The second kappa shape index (κ2) is 8.61. The Morgan fingerprint density at radius 2 is 1.95 bits per heavy atom. The highest BCUT2D eigenvalue weighted by Gasteiger charge is 2.15. The zero-order chi connectivity index (χ0) is 14.1. The molecule has 0 bridgehead atoms. The van der Waals surface area contributed by atoms with Crippen LogP contribution in [-0.2, 0) is 17.8 Å². The maximum absolute atomic E-state index is 10.8. The summed E-state index contributed by atoms with van der Waals surface area (Å²) >= 11 is 0. The van der Waals surface area contributed by atoms with E-state index in [0.29, 0.717) is 6.54 Å². The zero-order valence-corrected chi connectivity index (χ0v) is 11.9. The van der Waals surface area contributed by atoms with Crippen LogP contribution in [0, 0.1) is 5.92 Å². The molecule has 1 unspecified atom stereocenters. The Hall–Kier alpha value is -1.46. The molecule has 0 aliphatic heterocycles. The molecule has 0 fully saturated rings. The lowest BCUT2D eigenvalue weighted by molar-refractivity contribution is -0.141. The molecule has 1 heterocycles. The second-order valence-electron chi connectivity index (χ2n) is 5.03. The van der Waals surface area contributed by atoms with Gasteiger partial charge in [0.15, 0.2) is 5.82 Å². The Morgan fingerprint density at radius 1 is 1.26 bits per heavy atom. The van der Waals surface area contributed by atoms with Crippen LogP contribution in [0.5, 0.6) is 0 Å². The summed E-state index contributed by atoms with van der Waals surface area (Å²) in [6.45, 7) is 4.21. The normalized spacial score (nSPS) is 12.5. The molecule has 1 aromatic heterocycles. The highest BCUT2D eigenvalue weighted by Crippen LogP contribution is 2.09. The predicted octanol–water partition coefficient (Wildman–Crippen LogP) is 2.30. The summed E-state index contributed by atoms with van der Waals surface area (Å²) in [6, 6.07) is 0. The number of aryl methyl sites for hydroxylation is 1. The SMILES string of the molecule is CCCCCCCCc1nnnn1CC(C)C(=O)O. The molecule has 19 heavy (non-hydrogen) atoms. The Labute approximate surface area is 114 Å². The van der Waals surface area contributed by atoms with E-state index in [1.54, 1.807) is 11.6 Å². The van der Waals surface area contributed by atoms with Crippen molar-refractivity contribution in [2.24, 2.45) is 5.92 Å². The average molecular weight is 268 g/mol. The van der Waals surface area contributed by atoms with Gasteiger partial charge in [0.2, 0.25) is 0 Å². The molecule has 1 aromatic rings. The number of nitrogens with zero attached hydrogens (tertiary/aromatic N) is 4. The van der Waals surface area contributed by atoms with Crippen molar-refractivity contribution in [3.8, 4) is 0 Å². The minimum Gasteiger partial charge on any atom is -0.481 e. The smallest absolute Gasteiger partial charge is 0.308 e. The van der Waals surface area contributed by atoms with Gasteiger partial charge >= 0.3 is 5.97 Å². The minimum atomic E-state index is -0.819. The first-order chi connectivity index (χ1) is 9.15. The summed E-state index contributed by atoms with van der Waals surface area (Å²) < 4.78 is 1.62. The summed E-state index contributed by atoms with van der Waals surface area (Å²) in [5.41, 5.74) is 0. The van der Waals surface area contributed by atoms with Crippen LogP contribution in [0.2, 0.25) is 0 Å². The first kappa shape index (κ1) is 15.6. The zero-order valence-electron chi connectivity index (χ0n) is 11.9. The number of tetrazole rings is 1. The third-order valence-electron chi connectivity index (χ3n) is 3.23. The number of rotatable bonds is 10. The van der Waals surface area contributed by atoms with E-state index >= 15 is 0 Å². The van der Waals surface area contributed by atoms with Crippen LogP contribution in [0.25, 0.3) is 0 Å². The van der Waals surface area contributed by atoms with Crippen LogP contribution >= 0.6 is 0 Å². The number of carboxylic acids is 1. The first-order valence-electron chi connectivity index (χ1n) is 7.13. The number of unbranched alkanes of at least 4 members (excludes halogenated alkanes) is 5. The largest absolute Gasteiger partial charge is 0.481 e. The average Bonchev–Trinajstić information content (AvgIpc) is 2.81. The van der Waals surface area contributed by atoms with E-state index in [4.69, 9.17) is 5.11 Å². The maximum Gasteiger partial charge on any atom is 0.308 e. The molecule has 0 amide bonds. The van der Waals surface area contributed by atoms with Crippen LogP contribution in [0.4, 0.5) is 0 Å². The van der Waals surface area contributed by atoms with Gasteiger partial charge in [0, 0.05) is 6.42 Å². The standard InChI is InChI=1S/C13H24N4O2/c1-3-4-5-6-7-8-9-12-14-15-16-17(12)10-11(2)13(18)19/h11H,3-10H2,1-2H3,(H,18,19). The van der Waals surface area contributed by atoms with Gasteiger partial charge in [-0.1, -0.05) is 46.0 Å². The molecule has 108 valence electrons. The summed E-state index contributed by atoms with van der Waals surface area (Å²) in [5, 5.41) is 20.3. The van der Waals surface area contributed by atoms with Crippen molar-refractivity contribution < 1.29 is 9.90 Å². The molecular weight excluding hydrogens is 244 g/mol. The quantitative estimate of drug-likeness (QED) is 0.658. The summed E-state index contributed by atoms with van der Waals surface area (Å²) in [7, 11) is 0. The second-order valence-corrected chi connectivity index (χ2v) is 5.03. The Morgan fingerprint density at radius 3 is 2.63 bits per heavy atom. The minimum absolute atomic E-state index is 0.341. The molecule has 0 aliphatic rings. The number of carbonyl (C=O) groups is 1. The van der Waals surface area contributed by atoms with E-state index in [0.717, 1.165) is 18.7 Å². The fourth-order valence-corrected chi connectivity index (χ4v) is 1.95. The highest BCUT2D eigenvalue weighted by molar-refractivity contribution is 5.69. The van der Waals surface area contributed by atoms with Crippen LogP contribution in [-0.4, -0.2) is 31.3 Å². The number of hydrogen-bond donors (Lipinski definition) is 1. The monoisotopic (exact) mass is 268 g/mol. The molecule has 0 saturated carbocycles. The molecular formula is C13H24N4O2. The topological polar surface area (TPSA) is 80.9 Å². The third kappa shape index (κ3) is 5.81. The predicted molar refractivity (Wildman–Crippen MR) is 71.7 cm³/mol. The lowest BCUT2D eigenvalue weighted by atomic mass is 10.1. The van der Waals surface area contributed by atoms with Crippen LogP contribution in [0.15, 0.2) is 0 Å². The molecule has 0 saturated heterocycles. The fourth-order valence-electron chi connectivity index (χ4n) is 1.95. The van der Waals surface area contributed by atoms with Gasteiger partial charge in [-0.3, -0.25) is 4.79 Å². The van der Waals surface area contributed by atoms with Gasteiger partial charge in [-0.05, 0) is 16.8 Å². The molecule has 1 atom stereocenters. The van der Waals surface area contributed by atoms with Gasteiger partial charge in [0.25, 0.3) is 0 Å². The summed E-state index contributed by atoms with van der Waals surface area (Å²) in [4.78, 5) is 10.8. The van der Waals surface area contributed by atoms with Crippen molar-refractivity contribution in [1.82, 2.24) is 20.2 Å². The van der Waals surface area contributed by atoms with Crippen molar-refractivity contribution in [2.75, 3.05) is 0 Å². The Bertz CT molecular complexity index is 378. The van der Waals surface area contributed by atoms with Crippen molar-refractivity contribution in [2.45, 2.75) is 65.3 Å². The molecule has 6 nitrogen and oxygen atoms in total. The van der Waals surface area contributed by atoms with Gasteiger partial charge in [-0.15, -0.1) is 5.10 Å². The Kier molecular flexibility index (Phi) is 7.07. The molecule has 1 rings (SSSR count). The molecule has 6 heteroatoms. The lowest BCUT2D eigenvalue weighted by Crippen LogP contribution is -2.19. The summed E-state index contributed by atoms with van der Waals surface area (Å²) in [6.07, 6.45) is 8.16. The van der Waals surface area contributed by atoms with Crippen LogP contribution in [0.1, 0.15) is 58.2 Å². The van der Waals surface area contributed by atoms with E-state index in [9.17, 15) is 4.79 Å². The van der Waals surface area contributed by atoms with Crippen molar-refractivity contribution in [3.63, 3.8) is 0 Å². The van der Waals surface area contributed by atoms with E-state index in [1.807, 2.05) is 0 Å². The molecule has 1 N–H and O–H groups in total. The van der Waals surface area contributed by atoms with Gasteiger partial charge < -0.3 is 5.11 Å². The highest BCUT2D eigenvalue weighted by atomic mass is 16.4. The van der Waals surface area contributed by atoms with E-state index < -0.39 is 11.9 Å². The number of hydrogen-bond acceptors (Lipinski definition) is 4. The number of aromatic nitrogens is 4. The molecule has 0 aromatic carbocycles. The van der Waals surface area contributed by atoms with E-state index in [1.165, 1.54) is 32.1 Å². The van der Waals surface area contributed by atoms with Gasteiger partial charge in [-0.2, -0.15) is 0 Å². The van der Waals surface area contributed by atoms with Crippen molar-refractivity contribution in [3.05, 3.63) is 5.82 Å². The van der Waals surface area contributed by atoms with E-state index in [-0.39, 0.29) is 0 Å². The Balaban J connectivity index is 2.30. The maximum atomic E-state index is 10.8. The van der Waals surface area contributed by atoms with Gasteiger partial charge in [-0.25, -0.2) is 4.68 Å². The van der Waals surface area contributed by atoms with Crippen molar-refractivity contribution in [1.29, 1.82) is 0 Å². The fraction of sp³-hybridized carbons (Fsp3) is 0.846. The lowest BCUT2D eigenvalue weighted by Gasteiger charge is -2.07. The molecule has 0 aliphatic carbocycles. The van der Waals surface area contributed by atoms with Gasteiger partial charge in [0.1, 0.15) is 0 Å². The molecule has 0 spiro atoms. The summed E-state index contributed by atoms with van der Waals surface area (Å²) in [5.74, 6) is -0.489. The van der Waals surface area contributed by atoms with Crippen LogP contribution < -0.4 is 0 Å². The first-order valence-corrected chi connectivity index (χ1v) is 7.13. The van der Waals surface area contributed by atoms with Gasteiger partial charge in [0.05, 0.1) is 12.5 Å². The third-order valence-corrected chi connectivity index (χ3v) is 3.23. The number of aliphatic carboxylic acids is 1. The van der Waals surface area contributed by atoms with E-state index in [2.05, 4.69) is 22.4 Å².